The summed E-state index contributed by atoms with van der Waals surface area (Å²) in [5, 5.41) is 0. The van der Waals surface area contributed by atoms with E-state index >= 15 is 0 Å². The van der Waals surface area contributed by atoms with Gasteiger partial charge in [0.2, 0.25) is 10.0 Å². The molecule has 0 saturated heterocycles. The first kappa shape index (κ1) is 16.8. The minimum atomic E-state index is -3.60. The van der Waals surface area contributed by atoms with Crippen LogP contribution in [0.5, 0.6) is 0 Å². The Hall–Kier alpha value is 0.480. The SMILES string of the molecule is O=S(=O)(NCC1CCCCC1CCl)c1cc(Cl)sc1Cl. The molecule has 1 aromatic heterocycles. The molecule has 2 rings (SSSR count). The van der Waals surface area contributed by atoms with Gasteiger partial charge in [-0.2, -0.15) is 0 Å². The third kappa shape index (κ3) is 4.02. The average molecular weight is 377 g/mol. The molecule has 0 bridgehead atoms. The van der Waals surface area contributed by atoms with Gasteiger partial charge in [-0.1, -0.05) is 36.0 Å². The van der Waals surface area contributed by atoms with Crippen molar-refractivity contribution in [2.24, 2.45) is 11.8 Å². The molecule has 0 amide bonds. The van der Waals surface area contributed by atoms with E-state index in [1.165, 1.54) is 12.5 Å². The summed E-state index contributed by atoms with van der Waals surface area (Å²) in [7, 11) is -3.60. The van der Waals surface area contributed by atoms with Gasteiger partial charge >= 0.3 is 0 Å². The maximum Gasteiger partial charge on any atom is 0.242 e. The van der Waals surface area contributed by atoms with E-state index in [1.54, 1.807) is 0 Å². The smallest absolute Gasteiger partial charge is 0.211 e. The molecule has 1 fully saturated rings. The fraction of sp³-hybridized carbons (Fsp3) is 0.667. The summed E-state index contributed by atoms with van der Waals surface area (Å²) in [5.41, 5.74) is 0. The molecule has 1 N–H and O–H groups in total. The number of thiophene rings is 1. The molecule has 1 aliphatic rings. The molecular weight excluding hydrogens is 361 g/mol. The third-order valence-corrected chi connectivity index (χ3v) is 7.29. The number of hydrogen-bond acceptors (Lipinski definition) is 3. The van der Waals surface area contributed by atoms with Crippen LogP contribution in [0.1, 0.15) is 25.7 Å². The average Bonchev–Trinajstić information content (AvgIpc) is 2.76. The molecule has 114 valence electrons. The van der Waals surface area contributed by atoms with Crippen LogP contribution in [0.25, 0.3) is 0 Å². The number of hydrogen-bond donors (Lipinski definition) is 1. The Bertz CT molecular complexity index is 559. The van der Waals surface area contributed by atoms with E-state index in [1.807, 2.05) is 0 Å². The first-order chi connectivity index (χ1) is 9.44. The van der Waals surface area contributed by atoms with E-state index in [0.29, 0.717) is 28.6 Å². The van der Waals surface area contributed by atoms with Gasteiger partial charge in [0.25, 0.3) is 0 Å². The topological polar surface area (TPSA) is 46.2 Å². The van der Waals surface area contributed by atoms with Crippen LogP contribution in [0.15, 0.2) is 11.0 Å². The predicted octanol–water partition coefficient (Wildman–Crippen LogP) is 4.38. The minimum Gasteiger partial charge on any atom is -0.211 e. The molecule has 0 aromatic carbocycles. The Balaban J connectivity index is 2.03. The first-order valence-corrected chi connectivity index (χ1v) is 10.0. The van der Waals surface area contributed by atoms with Gasteiger partial charge in [0.05, 0.1) is 4.34 Å². The molecule has 1 aliphatic carbocycles. The van der Waals surface area contributed by atoms with Crippen molar-refractivity contribution in [2.75, 3.05) is 12.4 Å². The van der Waals surface area contributed by atoms with E-state index in [0.717, 1.165) is 30.6 Å². The maximum absolute atomic E-state index is 12.2. The van der Waals surface area contributed by atoms with Crippen LogP contribution in [0.4, 0.5) is 0 Å². The van der Waals surface area contributed by atoms with Crippen molar-refractivity contribution < 1.29 is 8.42 Å². The monoisotopic (exact) mass is 375 g/mol. The van der Waals surface area contributed by atoms with Crippen molar-refractivity contribution in [1.82, 2.24) is 4.72 Å². The number of alkyl halides is 1. The predicted molar refractivity (Wildman–Crippen MR) is 85.7 cm³/mol. The quantitative estimate of drug-likeness (QED) is 0.775. The lowest BCUT2D eigenvalue weighted by molar-refractivity contribution is 0.260. The van der Waals surface area contributed by atoms with Gasteiger partial charge in [-0.3, -0.25) is 0 Å². The van der Waals surface area contributed by atoms with Crippen LogP contribution in [-0.2, 0) is 10.0 Å². The Labute approximate surface area is 138 Å². The van der Waals surface area contributed by atoms with E-state index < -0.39 is 10.0 Å². The van der Waals surface area contributed by atoms with Gasteiger partial charge in [0, 0.05) is 12.4 Å². The van der Waals surface area contributed by atoms with E-state index in [4.69, 9.17) is 34.8 Å². The summed E-state index contributed by atoms with van der Waals surface area (Å²) < 4.78 is 27.6. The molecule has 1 heterocycles. The molecule has 2 atom stereocenters. The van der Waals surface area contributed by atoms with Gasteiger partial charge < -0.3 is 0 Å². The zero-order chi connectivity index (χ0) is 14.8. The van der Waals surface area contributed by atoms with Crippen molar-refractivity contribution in [3.05, 3.63) is 14.7 Å². The van der Waals surface area contributed by atoms with Crippen LogP contribution in [0, 0.1) is 11.8 Å². The van der Waals surface area contributed by atoms with E-state index in [2.05, 4.69) is 4.72 Å². The Morgan fingerprint density at radius 2 is 1.90 bits per heavy atom. The standard InChI is InChI=1S/C12H16Cl3NO2S2/c13-6-8-3-1-2-4-9(8)7-16-20(17,18)10-5-11(14)19-12(10)15/h5,8-9,16H,1-4,6-7H2. The number of halogens is 3. The summed E-state index contributed by atoms with van der Waals surface area (Å²) in [5.74, 6) is 1.26. The largest absolute Gasteiger partial charge is 0.242 e. The molecule has 3 nitrogen and oxygen atoms in total. The minimum absolute atomic E-state index is 0.0624. The van der Waals surface area contributed by atoms with Gasteiger partial charge in [-0.05, 0) is 30.7 Å². The lowest BCUT2D eigenvalue weighted by Gasteiger charge is -2.30. The maximum atomic E-state index is 12.2. The lowest BCUT2D eigenvalue weighted by Crippen LogP contribution is -2.34. The molecule has 8 heteroatoms. The van der Waals surface area contributed by atoms with Gasteiger partial charge in [-0.25, -0.2) is 13.1 Å². The zero-order valence-electron chi connectivity index (χ0n) is 10.7. The van der Waals surface area contributed by atoms with Crippen LogP contribution in [0.3, 0.4) is 0 Å². The highest BCUT2D eigenvalue weighted by molar-refractivity contribution is 7.89. The van der Waals surface area contributed by atoms with E-state index in [-0.39, 0.29) is 9.23 Å². The van der Waals surface area contributed by atoms with Crippen molar-refractivity contribution in [2.45, 2.75) is 30.6 Å². The van der Waals surface area contributed by atoms with Crippen molar-refractivity contribution in [1.29, 1.82) is 0 Å². The number of rotatable bonds is 5. The molecule has 0 radical (unpaired) electrons. The van der Waals surface area contributed by atoms with Gasteiger partial charge in [0.1, 0.15) is 9.23 Å². The molecule has 1 saturated carbocycles. The highest BCUT2D eigenvalue weighted by atomic mass is 35.5. The summed E-state index contributed by atoms with van der Waals surface area (Å²) in [6, 6.07) is 1.39. The van der Waals surface area contributed by atoms with Crippen LogP contribution in [-0.4, -0.2) is 20.8 Å². The summed E-state index contributed by atoms with van der Waals surface area (Å²) >= 11 is 18.7. The molecule has 1 aromatic rings. The van der Waals surface area contributed by atoms with Crippen molar-refractivity contribution in [3.63, 3.8) is 0 Å². The fourth-order valence-electron chi connectivity index (χ4n) is 2.56. The highest BCUT2D eigenvalue weighted by Gasteiger charge is 2.27. The highest BCUT2D eigenvalue weighted by Crippen LogP contribution is 2.35. The third-order valence-electron chi connectivity index (χ3n) is 3.72. The van der Waals surface area contributed by atoms with Crippen molar-refractivity contribution >= 4 is 56.2 Å². The molecule has 0 aliphatic heterocycles. The summed E-state index contributed by atoms with van der Waals surface area (Å²) in [4.78, 5) is 0.0624. The summed E-state index contributed by atoms with van der Waals surface area (Å²) in [6.07, 6.45) is 4.39. The second kappa shape index (κ2) is 7.16. The van der Waals surface area contributed by atoms with Crippen LogP contribution < -0.4 is 4.72 Å². The Morgan fingerprint density at radius 3 is 2.45 bits per heavy atom. The molecule has 2 unspecified atom stereocenters. The number of nitrogens with one attached hydrogen (secondary N) is 1. The Morgan fingerprint density at radius 1 is 1.25 bits per heavy atom. The second-order valence-electron chi connectivity index (χ2n) is 5.00. The van der Waals surface area contributed by atoms with Gasteiger partial charge in [-0.15, -0.1) is 22.9 Å². The van der Waals surface area contributed by atoms with Crippen LogP contribution in [0.2, 0.25) is 8.67 Å². The first-order valence-electron chi connectivity index (χ1n) is 6.44. The van der Waals surface area contributed by atoms with Gasteiger partial charge in [0.15, 0.2) is 0 Å². The number of sulfonamides is 1. The summed E-state index contributed by atoms with van der Waals surface area (Å²) in [6.45, 7) is 0.406. The lowest BCUT2D eigenvalue weighted by atomic mass is 9.80. The molecule has 0 spiro atoms. The zero-order valence-corrected chi connectivity index (χ0v) is 14.6. The van der Waals surface area contributed by atoms with E-state index in [9.17, 15) is 8.42 Å². The molecular formula is C12H16Cl3NO2S2. The van der Waals surface area contributed by atoms with Crippen LogP contribution >= 0.6 is 46.1 Å². The second-order valence-corrected chi connectivity index (χ2v) is 9.33. The fourth-order valence-corrected chi connectivity index (χ4v) is 6.21. The normalized spacial score (nSPS) is 23.9. The Kier molecular flexibility index (Phi) is 6.03. The van der Waals surface area contributed by atoms with Crippen molar-refractivity contribution in [3.8, 4) is 0 Å². The molecule has 20 heavy (non-hydrogen) atoms.